The predicted molar refractivity (Wildman–Crippen MR) is 62.7 cm³/mol. The maximum atomic E-state index is 5.81. The van der Waals surface area contributed by atoms with Crippen molar-refractivity contribution in [3.05, 3.63) is 22.0 Å². The lowest BCUT2D eigenvalue weighted by atomic mass is 10.4. The SMILES string of the molecule is Cc1ncsc1CNc1nnc(C(C)Cl)o1. The van der Waals surface area contributed by atoms with Crippen LogP contribution in [-0.2, 0) is 6.54 Å². The molecule has 0 aliphatic carbocycles. The zero-order valence-corrected chi connectivity index (χ0v) is 10.5. The number of nitrogens with one attached hydrogen (secondary N) is 1. The Morgan fingerprint density at radius 3 is 2.94 bits per heavy atom. The second-order valence-electron chi connectivity index (χ2n) is 3.28. The fourth-order valence-electron chi connectivity index (χ4n) is 1.12. The molecule has 1 atom stereocenters. The van der Waals surface area contributed by atoms with Gasteiger partial charge in [0.15, 0.2) is 0 Å². The van der Waals surface area contributed by atoms with Gasteiger partial charge in [-0.05, 0) is 13.8 Å². The molecular weight excluding hydrogens is 248 g/mol. The molecule has 0 radical (unpaired) electrons. The highest BCUT2D eigenvalue weighted by Gasteiger charge is 2.11. The molecule has 16 heavy (non-hydrogen) atoms. The van der Waals surface area contributed by atoms with Crippen molar-refractivity contribution in [1.29, 1.82) is 0 Å². The van der Waals surface area contributed by atoms with E-state index in [0.717, 1.165) is 10.6 Å². The van der Waals surface area contributed by atoms with Crippen LogP contribution in [0.25, 0.3) is 0 Å². The molecule has 86 valence electrons. The fraction of sp³-hybridized carbons (Fsp3) is 0.444. The Hall–Kier alpha value is -1.14. The van der Waals surface area contributed by atoms with E-state index in [4.69, 9.17) is 16.0 Å². The summed E-state index contributed by atoms with van der Waals surface area (Å²) in [6.45, 7) is 4.38. The number of halogens is 1. The molecule has 0 aliphatic heterocycles. The molecule has 5 nitrogen and oxygen atoms in total. The first kappa shape index (κ1) is 11.3. The van der Waals surface area contributed by atoms with Gasteiger partial charge in [0, 0.05) is 4.88 Å². The zero-order valence-electron chi connectivity index (χ0n) is 8.90. The minimum Gasteiger partial charge on any atom is -0.406 e. The predicted octanol–water partition coefficient (Wildman–Crippen LogP) is 2.75. The van der Waals surface area contributed by atoms with Crippen LogP contribution in [0.4, 0.5) is 6.01 Å². The third-order valence-electron chi connectivity index (χ3n) is 2.03. The summed E-state index contributed by atoms with van der Waals surface area (Å²) in [5, 5.41) is 10.4. The van der Waals surface area contributed by atoms with Crippen LogP contribution in [0.1, 0.15) is 28.8 Å². The van der Waals surface area contributed by atoms with Crippen LogP contribution in [0.15, 0.2) is 9.93 Å². The van der Waals surface area contributed by atoms with Gasteiger partial charge in [-0.25, -0.2) is 4.98 Å². The molecule has 2 heterocycles. The molecule has 0 amide bonds. The molecule has 2 aromatic rings. The Morgan fingerprint density at radius 1 is 1.56 bits per heavy atom. The lowest BCUT2D eigenvalue weighted by Gasteiger charge is -1.99. The smallest absolute Gasteiger partial charge is 0.315 e. The zero-order chi connectivity index (χ0) is 11.5. The minimum absolute atomic E-state index is 0.270. The molecule has 0 bridgehead atoms. The number of thiazole rings is 1. The molecule has 1 N–H and O–H groups in total. The summed E-state index contributed by atoms with van der Waals surface area (Å²) >= 11 is 7.40. The maximum Gasteiger partial charge on any atom is 0.315 e. The highest BCUT2D eigenvalue weighted by molar-refractivity contribution is 7.09. The summed E-state index contributed by atoms with van der Waals surface area (Å²) in [6, 6.07) is 0.385. The van der Waals surface area contributed by atoms with Crippen LogP contribution < -0.4 is 5.32 Å². The van der Waals surface area contributed by atoms with Crippen molar-refractivity contribution < 1.29 is 4.42 Å². The van der Waals surface area contributed by atoms with Crippen molar-refractivity contribution in [2.75, 3.05) is 5.32 Å². The van der Waals surface area contributed by atoms with Crippen LogP contribution in [0.3, 0.4) is 0 Å². The van der Waals surface area contributed by atoms with Crippen LogP contribution in [-0.4, -0.2) is 15.2 Å². The molecule has 2 rings (SSSR count). The average molecular weight is 259 g/mol. The Morgan fingerprint density at radius 2 is 2.38 bits per heavy atom. The first-order valence-electron chi connectivity index (χ1n) is 4.77. The van der Waals surface area contributed by atoms with Crippen molar-refractivity contribution in [3.63, 3.8) is 0 Å². The number of hydrogen-bond donors (Lipinski definition) is 1. The summed E-state index contributed by atoms with van der Waals surface area (Å²) in [5.74, 6) is 0.421. The van der Waals surface area contributed by atoms with Gasteiger partial charge in [0.25, 0.3) is 0 Å². The van der Waals surface area contributed by atoms with Crippen LogP contribution in [0.2, 0.25) is 0 Å². The van der Waals surface area contributed by atoms with Gasteiger partial charge in [0.2, 0.25) is 5.89 Å². The quantitative estimate of drug-likeness (QED) is 0.855. The van der Waals surface area contributed by atoms with Crippen LogP contribution in [0, 0.1) is 6.92 Å². The molecule has 0 spiro atoms. The van der Waals surface area contributed by atoms with Gasteiger partial charge in [0.05, 0.1) is 17.7 Å². The standard InChI is InChI=1S/C9H11ClN4OS/c1-5(10)8-13-14-9(15-8)11-3-7-6(2)12-4-16-7/h4-5H,3H2,1-2H3,(H,11,14). The molecule has 0 aromatic carbocycles. The first-order valence-corrected chi connectivity index (χ1v) is 6.08. The minimum atomic E-state index is -0.270. The van der Waals surface area contributed by atoms with Gasteiger partial charge in [-0.1, -0.05) is 5.10 Å². The molecule has 0 saturated heterocycles. The van der Waals surface area contributed by atoms with Crippen molar-refractivity contribution in [2.45, 2.75) is 25.8 Å². The van der Waals surface area contributed by atoms with E-state index in [0.29, 0.717) is 18.5 Å². The summed E-state index contributed by atoms with van der Waals surface area (Å²) in [7, 11) is 0. The topological polar surface area (TPSA) is 63.8 Å². The van der Waals surface area contributed by atoms with E-state index >= 15 is 0 Å². The summed E-state index contributed by atoms with van der Waals surface area (Å²) in [4.78, 5) is 5.30. The Labute approximate surface area is 102 Å². The third kappa shape index (κ3) is 2.51. The third-order valence-corrected chi connectivity index (χ3v) is 3.15. The Balaban J connectivity index is 1.97. The monoisotopic (exact) mass is 258 g/mol. The largest absolute Gasteiger partial charge is 0.406 e. The molecule has 0 fully saturated rings. The molecule has 2 aromatic heterocycles. The number of aromatic nitrogens is 3. The van der Waals surface area contributed by atoms with E-state index in [1.54, 1.807) is 18.3 Å². The van der Waals surface area contributed by atoms with Gasteiger partial charge in [0.1, 0.15) is 5.38 Å². The second-order valence-corrected chi connectivity index (χ2v) is 4.87. The van der Waals surface area contributed by atoms with Crippen molar-refractivity contribution >= 4 is 29.0 Å². The van der Waals surface area contributed by atoms with Crippen LogP contribution in [0.5, 0.6) is 0 Å². The van der Waals surface area contributed by atoms with E-state index in [1.165, 1.54) is 0 Å². The van der Waals surface area contributed by atoms with Gasteiger partial charge in [-0.2, -0.15) is 0 Å². The number of anilines is 1. The van der Waals surface area contributed by atoms with Gasteiger partial charge in [-0.3, -0.25) is 0 Å². The summed E-state index contributed by atoms with van der Waals surface area (Å²) in [6.07, 6.45) is 0. The molecule has 1 unspecified atom stereocenters. The number of alkyl halides is 1. The first-order chi connectivity index (χ1) is 7.66. The molecule has 0 aliphatic rings. The number of aryl methyl sites for hydroxylation is 1. The van der Waals surface area contributed by atoms with Gasteiger partial charge < -0.3 is 9.73 Å². The lowest BCUT2D eigenvalue weighted by Crippen LogP contribution is -1.99. The van der Waals surface area contributed by atoms with Crippen molar-refractivity contribution in [3.8, 4) is 0 Å². The number of hydrogen-bond acceptors (Lipinski definition) is 6. The van der Waals surface area contributed by atoms with Crippen molar-refractivity contribution in [2.24, 2.45) is 0 Å². The number of nitrogens with zero attached hydrogens (tertiary/aromatic N) is 3. The lowest BCUT2D eigenvalue weighted by molar-refractivity contribution is 0.506. The summed E-state index contributed by atoms with van der Waals surface area (Å²) < 4.78 is 5.30. The highest BCUT2D eigenvalue weighted by Crippen LogP contribution is 2.20. The molecular formula is C9H11ClN4OS. The van der Waals surface area contributed by atoms with Gasteiger partial charge >= 0.3 is 6.01 Å². The van der Waals surface area contributed by atoms with Gasteiger partial charge in [-0.15, -0.1) is 28.0 Å². The Kier molecular flexibility index (Phi) is 3.40. The van der Waals surface area contributed by atoms with E-state index in [9.17, 15) is 0 Å². The molecule has 7 heteroatoms. The van der Waals surface area contributed by atoms with Crippen molar-refractivity contribution in [1.82, 2.24) is 15.2 Å². The second kappa shape index (κ2) is 4.80. The maximum absolute atomic E-state index is 5.81. The van der Waals surface area contributed by atoms with E-state index in [1.807, 2.05) is 12.4 Å². The van der Waals surface area contributed by atoms with Crippen LogP contribution >= 0.6 is 22.9 Å². The molecule has 0 saturated carbocycles. The highest BCUT2D eigenvalue weighted by atomic mass is 35.5. The van der Waals surface area contributed by atoms with E-state index in [2.05, 4.69) is 20.5 Å². The summed E-state index contributed by atoms with van der Waals surface area (Å²) in [5.41, 5.74) is 2.83. The van der Waals surface area contributed by atoms with E-state index in [-0.39, 0.29) is 5.38 Å². The Bertz CT molecular complexity index is 468. The normalized spacial score (nSPS) is 12.7. The number of rotatable bonds is 4. The average Bonchev–Trinajstić information content (AvgIpc) is 2.83. The fourth-order valence-corrected chi connectivity index (χ4v) is 1.92. The van der Waals surface area contributed by atoms with E-state index < -0.39 is 0 Å².